The standard InChI is InChI=1S/C27H49NO/c1-3-5-7-8-9-10-11-12-13-14-15-16-17-18-23-28-25-26-19-21-27(22-20-26)29-24-6-4-2/h19-22,28H,3-18,23-25H2,1-2H3. The van der Waals surface area contributed by atoms with Crippen molar-refractivity contribution < 1.29 is 4.74 Å². The Morgan fingerprint density at radius 1 is 0.586 bits per heavy atom. The van der Waals surface area contributed by atoms with E-state index in [0.29, 0.717) is 0 Å². The fourth-order valence-corrected chi connectivity index (χ4v) is 3.72. The highest BCUT2D eigenvalue weighted by atomic mass is 16.5. The van der Waals surface area contributed by atoms with Gasteiger partial charge in [-0.15, -0.1) is 0 Å². The van der Waals surface area contributed by atoms with Gasteiger partial charge in [0.2, 0.25) is 0 Å². The monoisotopic (exact) mass is 403 g/mol. The summed E-state index contributed by atoms with van der Waals surface area (Å²) in [6.07, 6.45) is 22.2. The normalized spacial score (nSPS) is 11.1. The highest BCUT2D eigenvalue weighted by Crippen LogP contribution is 2.14. The Bertz CT molecular complexity index is 442. The van der Waals surface area contributed by atoms with Crippen LogP contribution in [0, 0.1) is 0 Å². The van der Waals surface area contributed by atoms with Crippen LogP contribution in [-0.2, 0) is 6.54 Å². The molecule has 2 heteroatoms. The third-order valence-electron chi connectivity index (χ3n) is 5.73. The van der Waals surface area contributed by atoms with Gasteiger partial charge in [0.15, 0.2) is 0 Å². The van der Waals surface area contributed by atoms with Crippen LogP contribution in [0.1, 0.15) is 122 Å². The van der Waals surface area contributed by atoms with Gasteiger partial charge >= 0.3 is 0 Å². The van der Waals surface area contributed by atoms with Crippen molar-refractivity contribution in [1.82, 2.24) is 5.32 Å². The van der Waals surface area contributed by atoms with Crippen LogP contribution in [0.15, 0.2) is 24.3 Å². The Hall–Kier alpha value is -1.02. The van der Waals surface area contributed by atoms with Gasteiger partial charge in [-0.05, 0) is 37.1 Å². The van der Waals surface area contributed by atoms with Crippen LogP contribution in [0.25, 0.3) is 0 Å². The van der Waals surface area contributed by atoms with Crippen LogP contribution in [0.4, 0.5) is 0 Å². The van der Waals surface area contributed by atoms with Gasteiger partial charge < -0.3 is 10.1 Å². The number of hydrogen-bond donors (Lipinski definition) is 1. The van der Waals surface area contributed by atoms with Gasteiger partial charge in [0.1, 0.15) is 5.75 Å². The second-order valence-electron chi connectivity index (χ2n) is 8.62. The first-order chi connectivity index (χ1) is 14.4. The third kappa shape index (κ3) is 16.5. The Morgan fingerprint density at radius 2 is 1.07 bits per heavy atom. The van der Waals surface area contributed by atoms with Gasteiger partial charge in [0, 0.05) is 6.54 Å². The van der Waals surface area contributed by atoms with Crippen LogP contribution >= 0.6 is 0 Å². The lowest BCUT2D eigenvalue weighted by atomic mass is 10.0. The Kier molecular flexibility index (Phi) is 18.2. The predicted molar refractivity (Wildman–Crippen MR) is 129 cm³/mol. The lowest BCUT2D eigenvalue weighted by Gasteiger charge is -2.08. The van der Waals surface area contributed by atoms with E-state index in [4.69, 9.17) is 4.74 Å². The van der Waals surface area contributed by atoms with E-state index in [2.05, 4.69) is 43.4 Å². The molecule has 168 valence electrons. The molecule has 0 amide bonds. The van der Waals surface area contributed by atoms with Crippen LogP contribution in [-0.4, -0.2) is 13.2 Å². The molecule has 0 atom stereocenters. The minimum absolute atomic E-state index is 0.827. The second kappa shape index (κ2) is 20.3. The molecule has 0 saturated heterocycles. The van der Waals surface area contributed by atoms with E-state index in [9.17, 15) is 0 Å². The summed E-state index contributed by atoms with van der Waals surface area (Å²) in [5, 5.41) is 3.58. The molecule has 0 bridgehead atoms. The molecule has 0 unspecified atom stereocenters. The predicted octanol–water partition coefficient (Wildman–Crippen LogP) is 8.44. The fraction of sp³-hybridized carbons (Fsp3) is 0.778. The summed E-state index contributed by atoms with van der Waals surface area (Å²) in [6, 6.07) is 8.55. The maximum absolute atomic E-state index is 5.72. The lowest BCUT2D eigenvalue weighted by Crippen LogP contribution is -2.14. The van der Waals surface area contributed by atoms with Gasteiger partial charge in [0.25, 0.3) is 0 Å². The molecule has 0 aliphatic heterocycles. The SMILES string of the molecule is CCCCCCCCCCCCCCCCNCc1ccc(OCCCC)cc1. The van der Waals surface area contributed by atoms with Gasteiger partial charge in [-0.3, -0.25) is 0 Å². The Labute approximate surface area is 182 Å². The first kappa shape index (κ1) is 26.0. The Balaban J connectivity index is 1.82. The number of benzene rings is 1. The molecule has 1 N–H and O–H groups in total. The van der Waals surface area contributed by atoms with E-state index < -0.39 is 0 Å². The molecule has 29 heavy (non-hydrogen) atoms. The number of nitrogens with one attached hydrogen (secondary N) is 1. The summed E-state index contributed by atoms with van der Waals surface area (Å²) in [7, 11) is 0. The zero-order valence-electron chi connectivity index (χ0n) is 19.7. The van der Waals surface area contributed by atoms with Gasteiger partial charge in [-0.25, -0.2) is 0 Å². The zero-order valence-corrected chi connectivity index (χ0v) is 19.7. The smallest absolute Gasteiger partial charge is 0.119 e. The highest BCUT2D eigenvalue weighted by Gasteiger charge is 1.97. The summed E-state index contributed by atoms with van der Waals surface area (Å²) < 4.78 is 5.72. The van der Waals surface area contributed by atoms with Crippen molar-refractivity contribution >= 4 is 0 Å². The van der Waals surface area contributed by atoms with Crippen molar-refractivity contribution in [2.75, 3.05) is 13.2 Å². The van der Waals surface area contributed by atoms with Crippen LogP contribution in [0.2, 0.25) is 0 Å². The molecular formula is C27H49NO. The number of unbranched alkanes of at least 4 members (excludes halogenated alkanes) is 14. The van der Waals surface area contributed by atoms with Gasteiger partial charge in [-0.1, -0.05) is 116 Å². The number of hydrogen-bond acceptors (Lipinski definition) is 2. The molecule has 2 nitrogen and oxygen atoms in total. The summed E-state index contributed by atoms with van der Waals surface area (Å²) in [5.74, 6) is 0.995. The minimum Gasteiger partial charge on any atom is -0.494 e. The van der Waals surface area contributed by atoms with Gasteiger partial charge in [0.05, 0.1) is 6.61 Å². The molecule has 0 aliphatic carbocycles. The first-order valence-corrected chi connectivity index (χ1v) is 12.8. The van der Waals surface area contributed by atoms with Crippen molar-refractivity contribution in [3.8, 4) is 5.75 Å². The van der Waals surface area contributed by atoms with E-state index >= 15 is 0 Å². The van der Waals surface area contributed by atoms with E-state index in [1.54, 1.807) is 0 Å². The molecule has 0 spiro atoms. The lowest BCUT2D eigenvalue weighted by molar-refractivity contribution is 0.309. The number of ether oxygens (including phenoxy) is 1. The Morgan fingerprint density at radius 3 is 1.59 bits per heavy atom. The summed E-state index contributed by atoms with van der Waals surface area (Å²) in [5.41, 5.74) is 1.35. The van der Waals surface area contributed by atoms with Crippen molar-refractivity contribution in [2.24, 2.45) is 0 Å². The average molecular weight is 404 g/mol. The second-order valence-corrected chi connectivity index (χ2v) is 8.62. The molecule has 0 fully saturated rings. The fourth-order valence-electron chi connectivity index (χ4n) is 3.72. The minimum atomic E-state index is 0.827. The van der Waals surface area contributed by atoms with Crippen LogP contribution < -0.4 is 10.1 Å². The molecule has 0 aromatic heterocycles. The maximum Gasteiger partial charge on any atom is 0.119 e. The quantitative estimate of drug-likeness (QED) is 0.208. The van der Waals surface area contributed by atoms with E-state index in [-0.39, 0.29) is 0 Å². The molecule has 0 heterocycles. The summed E-state index contributed by atoms with van der Waals surface area (Å²) in [6.45, 7) is 7.41. The molecule has 0 aliphatic rings. The van der Waals surface area contributed by atoms with Gasteiger partial charge in [-0.2, -0.15) is 0 Å². The average Bonchev–Trinajstić information content (AvgIpc) is 2.74. The summed E-state index contributed by atoms with van der Waals surface area (Å²) in [4.78, 5) is 0. The van der Waals surface area contributed by atoms with E-state index in [1.165, 1.54) is 102 Å². The maximum atomic E-state index is 5.72. The molecule has 0 saturated carbocycles. The molecule has 1 aromatic carbocycles. The summed E-state index contributed by atoms with van der Waals surface area (Å²) >= 11 is 0. The molecule has 1 rings (SSSR count). The topological polar surface area (TPSA) is 21.3 Å². The zero-order chi connectivity index (χ0) is 20.8. The first-order valence-electron chi connectivity index (χ1n) is 12.8. The number of rotatable bonds is 21. The molecule has 0 radical (unpaired) electrons. The molecular weight excluding hydrogens is 354 g/mol. The van der Waals surface area contributed by atoms with Crippen LogP contribution in [0.5, 0.6) is 5.75 Å². The van der Waals surface area contributed by atoms with E-state index in [0.717, 1.165) is 31.9 Å². The van der Waals surface area contributed by atoms with Crippen molar-refractivity contribution in [3.05, 3.63) is 29.8 Å². The largest absolute Gasteiger partial charge is 0.494 e. The van der Waals surface area contributed by atoms with Crippen molar-refractivity contribution in [2.45, 2.75) is 123 Å². The van der Waals surface area contributed by atoms with Crippen LogP contribution in [0.3, 0.4) is 0 Å². The molecule has 1 aromatic rings. The third-order valence-corrected chi connectivity index (χ3v) is 5.73. The highest BCUT2D eigenvalue weighted by molar-refractivity contribution is 5.27. The van der Waals surface area contributed by atoms with Crippen molar-refractivity contribution in [3.63, 3.8) is 0 Å². The van der Waals surface area contributed by atoms with Crippen molar-refractivity contribution in [1.29, 1.82) is 0 Å². The van der Waals surface area contributed by atoms with E-state index in [1.807, 2.05) is 0 Å².